The smallest absolute Gasteiger partial charge is 0.326 e. The average Bonchev–Trinajstić information content (AvgIpc) is 2.82. The fourth-order valence-electron chi connectivity index (χ4n) is 2.08. The summed E-state index contributed by atoms with van der Waals surface area (Å²) >= 11 is 0. The van der Waals surface area contributed by atoms with E-state index in [0.717, 1.165) is 5.69 Å². The number of imidazole rings is 1. The quantitative estimate of drug-likeness (QED) is 0.670. The van der Waals surface area contributed by atoms with Gasteiger partial charge in [-0.2, -0.15) is 0 Å². The Morgan fingerprint density at radius 3 is 3.06 bits per heavy atom. The van der Waals surface area contributed by atoms with E-state index >= 15 is 0 Å². The van der Waals surface area contributed by atoms with Crippen LogP contribution in [0.1, 0.15) is 24.7 Å². The van der Waals surface area contributed by atoms with Gasteiger partial charge in [0.1, 0.15) is 6.04 Å². The summed E-state index contributed by atoms with van der Waals surface area (Å²) in [4.78, 5) is 31.6. The highest BCUT2D eigenvalue weighted by Crippen LogP contribution is 2.21. The molecule has 1 aromatic rings. The number of H-pyrrole nitrogens is 1. The normalized spacial score (nSPS) is 20.3. The van der Waals surface area contributed by atoms with Crippen molar-refractivity contribution in [3.63, 3.8) is 0 Å². The van der Waals surface area contributed by atoms with Crippen LogP contribution in [0.2, 0.25) is 0 Å². The number of carbonyl (C=O) groups is 2. The lowest BCUT2D eigenvalue weighted by Crippen LogP contribution is -2.53. The van der Waals surface area contributed by atoms with Crippen LogP contribution in [0, 0.1) is 0 Å². The first kappa shape index (κ1) is 12.6. The summed E-state index contributed by atoms with van der Waals surface area (Å²) in [7, 11) is 0. The van der Waals surface area contributed by atoms with Crippen LogP contribution in [0.25, 0.3) is 0 Å². The second kappa shape index (κ2) is 4.77. The van der Waals surface area contributed by atoms with Gasteiger partial charge in [0.15, 0.2) is 0 Å². The zero-order chi connectivity index (χ0) is 13.3. The van der Waals surface area contributed by atoms with Crippen LogP contribution in [0.4, 0.5) is 0 Å². The van der Waals surface area contributed by atoms with E-state index in [0.29, 0.717) is 12.1 Å². The summed E-state index contributed by atoms with van der Waals surface area (Å²) in [5.41, 5.74) is 7.18. The minimum absolute atomic E-state index is 0.219. The van der Waals surface area contributed by atoms with Crippen molar-refractivity contribution in [2.75, 3.05) is 0 Å². The molecule has 7 heteroatoms. The molecule has 2 heterocycles. The zero-order valence-electron chi connectivity index (χ0n) is 10.1. The Labute approximate surface area is 104 Å². The highest BCUT2D eigenvalue weighted by molar-refractivity contribution is 5.87. The van der Waals surface area contributed by atoms with Crippen LogP contribution >= 0.6 is 0 Å². The maximum atomic E-state index is 12.1. The van der Waals surface area contributed by atoms with Gasteiger partial charge in [0.2, 0.25) is 5.91 Å². The van der Waals surface area contributed by atoms with E-state index < -0.39 is 18.1 Å². The Hall–Kier alpha value is -1.89. The van der Waals surface area contributed by atoms with Crippen molar-refractivity contribution in [1.29, 1.82) is 0 Å². The highest BCUT2D eigenvalue weighted by atomic mass is 16.4. The van der Waals surface area contributed by atoms with E-state index in [1.54, 1.807) is 6.92 Å². The van der Waals surface area contributed by atoms with E-state index in [-0.39, 0.29) is 18.9 Å². The van der Waals surface area contributed by atoms with E-state index in [1.807, 2.05) is 0 Å². The van der Waals surface area contributed by atoms with Crippen LogP contribution in [0.5, 0.6) is 0 Å². The first-order chi connectivity index (χ1) is 8.54. The number of aromatic nitrogens is 2. The number of fused-ring (bicyclic) bond motifs is 1. The molecule has 2 unspecified atom stereocenters. The van der Waals surface area contributed by atoms with Crippen molar-refractivity contribution >= 4 is 11.9 Å². The number of amides is 1. The van der Waals surface area contributed by atoms with E-state index in [2.05, 4.69) is 9.97 Å². The lowest BCUT2D eigenvalue weighted by Gasteiger charge is -2.33. The van der Waals surface area contributed by atoms with Crippen LogP contribution in [0.15, 0.2) is 6.33 Å². The molecule has 0 aliphatic carbocycles. The first-order valence-electron chi connectivity index (χ1n) is 5.84. The lowest BCUT2D eigenvalue weighted by molar-refractivity contribution is -0.152. The molecule has 1 aromatic heterocycles. The second-order valence-electron chi connectivity index (χ2n) is 4.37. The molecule has 0 spiro atoms. The van der Waals surface area contributed by atoms with Crippen LogP contribution in [0.3, 0.4) is 0 Å². The number of carbonyl (C=O) groups excluding carboxylic acids is 1. The van der Waals surface area contributed by atoms with Gasteiger partial charge in [-0.05, 0) is 6.42 Å². The van der Waals surface area contributed by atoms with E-state index in [4.69, 9.17) is 5.73 Å². The number of hydrogen-bond donors (Lipinski definition) is 3. The predicted octanol–water partition coefficient (Wildman–Crippen LogP) is -0.515. The van der Waals surface area contributed by atoms with E-state index in [9.17, 15) is 14.7 Å². The molecule has 4 N–H and O–H groups in total. The van der Waals surface area contributed by atoms with Gasteiger partial charge < -0.3 is 20.7 Å². The molecule has 18 heavy (non-hydrogen) atoms. The number of hydrogen-bond acceptors (Lipinski definition) is 4. The summed E-state index contributed by atoms with van der Waals surface area (Å²) in [5, 5.41) is 9.20. The van der Waals surface area contributed by atoms with Crippen molar-refractivity contribution < 1.29 is 14.7 Å². The first-order valence-corrected chi connectivity index (χ1v) is 5.84. The third kappa shape index (κ3) is 2.08. The van der Waals surface area contributed by atoms with Gasteiger partial charge in [0, 0.05) is 6.42 Å². The molecule has 1 aliphatic rings. The fraction of sp³-hybridized carbons (Fsp3) is 0.545. The summed E-state index contributed by atoms with van der Waals surface area (Å²) in [5.74, 6) is -1.36. The summed E-state index contributed by atoms with van der Waals surface area (Å²) < 4.78 is 0. The molecule has 1 aliphatic heterocycles. The monoisotopic (exact) mass is 252 g/mol. The van der Waals surface area contributed by atoms with Crippen LogP contribution in [-0.2, 0) is 22.6 Å². The highest BCUT2D eigenvalue weighted by Gasteiger charge is 2.37. The van der Waals surface area contributed by atoms with E-state index in [1.165, 1.54) is 11.2 Å². The van der Waals surface area contributed by atoms with Gasteiger partial charge >= 0.3 is 5.97 Å². The maximum absolute atomic E-state index is 12.1. The molecule has 0 saturated heterocycles. The maximum Gasteiger partial charge on any atom is 0.326 e. The second-order valence-corrected chi connectivity index (χ2v) is 4.37. The minimum Gasteiger partial charge on any atom is -0.480 e. The Bertz CT molecular complexity index is 471. The average molecular weight is 252 g/mol. The van der Waals surface area contributed by atoms with Crippen molar-refractivity contribution in [1.82, 2.24) is 14.9 Å². The van der Waals surface area contributed by atoms with Crippen molar-refractivity contribution in [2.45, 2.75) is 38.4 Å². The van der Waals surface area contributed by atoms with Crippen molar-refractivity contribution in [2.24, 2.45) is 5.73 Å². The fourth-order valence-corrected chi connectivity index (χ4v) is 2.08. The molecule has 98 valence electrons. The number of nitrogens with zero attached hydrogens (tertiary/aromatic N) is 2. The number of nitrogens with one attached hydrogen (secondary N) is 1. The number of nitrogens with two attached hydrogens (primary N) is 1. The molecule has 7 nitrogen and oxygen atoms in total. The van der Waals surface area contributed by atoms with Crippen molar-refractivity contribution in [3.8, 4) is 0 Å². The van der Waals surface area contributed by atoms with Crippen LogP contribution in [-0.4, -0.2) is 43.9 Å². The molecule has 0 fully saturated rings. The molecule has 0 saturated carbocycles. The van der Waals surface area contributed by atoms with Gasteiger partial charge in [-0.3, -0.25) is 4.79 Å². The molecular formula is C11H16N4O3. The number of carboxylic acids is 1. The minimum atomic E-state index is -1.03. The van der Waals surface area contributed by atoms with Gasteiger partial charge in [-0.15, -0.1) is 0 Å². The number of rotatable bonds is 3. The molecule has 0 bridgehead atoms. The Kier molecular flexibility index (Phi) is 3.33. The van der Waals surface area contributed by atoms with Gasteiger partial charge in [0.25, 0.3) is 0 Å². The SMILES string of the molecule is CCC(N)C(=O)N1Cc2[nH]cnc2CC1C(=O)O. The molecule has 0 aromatic carbocycles. The van der Waals surface area contributed by atoms with Gasteiger partial charge in [0.05, 0.1) is 30.3 Å². The topological polar surface area (TPSA) is 112 Å². The largest absolute Gasteiger partial charge is 0.480 e. The van der Waals surface area contributed by atoms with Gasteiger partial charge in [-0.1, -0.05) is 6.92 Å². The zero-order valence-corrected chi connectivity index (χ0v) is 10.1. The standard InChI is InChI=1S/C11H16N4O3/c1-2-6(12)10(16)15-4-8-7(13-5-14-8)3-9(15)11(17)18/h5-6,9H,2-4,12H2,1H3,(H,13,14)(H,17,18). The number of aromatic amines is 1. The lowest BCUT2D eigenvalue weighted by atomic mass is 10.0. The number of carboxylic acid groups (broad SMARTS) is 1. The third-order valence-electron chi connectivity index (χ3n) is 3.22. The third-order valence-corrected chi connectivity index (χ3v) is 3.22. The Balaban J connectivity index is 2.27. The van der Waals surface area contributed by atoms with Gasteiger partial charge in [-0.25, -0.2) is 9.78 Å². The van der Waals surface area contributed by atoms with Crippen molar-refractivity contribution in [3.05, 3.63) is 17.7 Å². The van der Waals surface area contributed by atoms with Crippen LogP contribution < -0.4 is 5.73 Å². The molecule has 1 amide bonds. The number of aliphatic carboxylic acids is 1. The molecule has 2 rings (SSSR count). The summed E-state index contributed by atoms with van der Waals surface area (Å²) in [6.45, 7) is 2.02. The molecular weight excluding hydrogens is 236 g/mol. The Morgan fingerprint density at radius 2 is 2.44 bits per heavy atom. The predicted molar refractivity (Wildman–Crippen MR) is 62.5 cm³/mol. The molecule has 2 atom stereocenters. The summed E-state index contributed by atoms with van der Waals surface area (Å²) in [6.07, 6.45) is 2.21. The molecule has 0 radical (unpaired) electrons. The Morgan fingerprint density at radius 1 is 1.72 bits per heavy atom. The summed E-state index contributed by atoms with van der Waals surface area (Å²) in [6, 6.07) is -1.54.